The Morgan fingerprint density at radius 2 is 1.94 bits per heavy atom. The van der Waals surface area contributed by atoms with Gasteiger partial charge in [-0.1, -0.05) is 18.2 Å². The first-order chi connectivity index (χ1) is 16.5. The molecule has 0 saturated carbocycles. The predicted octanol–water partition coefficient (Wildman–Crippen LogP) is 0.256. The van der Waals surface area contributed by atoms with Gasteiger partial charge in [0.05, 0.1) is 18.8 Å². The van der Waals surface area contributed by atoms with Crippen molar-refractivity contribution in [3.63, 3.8) is 0 Å². The molecule has 1 saturated heterocycles. The zero-order valence-corrected chi connectivity index (χ0v) is 20.3. The SMILES string of the molecule is CC(C)OC(=O)C(C)NP(=O)(OCC1OC(n2ccc(=O)[nH]c2=O)C(N)C1O)Oc1ccccc1. The summed E-state index contributed by atoms with van der Waals surface area (Å²) in [5, 5.41) is 13.1. The molecule has 1 fully saturated rings. The molecular formula is C21H29N4O9P. The number of H-pyrrole nitrogens is 1. The number of carbonyl (C=O) groups is 1. The van der Waals surface area contributed by atoms with Gasteiger partial charge in [-0.25, -0.2) is 9.36 Å². The number of para-hydroxylation sites is 1. The fourth-order valence-corrected chi connectivity index (χ4v) is 4.79. The van der Waals surface area contributed by atoms with Crippen LogP contribution < -0.4 is 26.6 Å². The zero-order valence-electron chi connectivity index (χ0n) is 19.4. The lowest BCUT2D eigenvalue weighted by Gasteiger charge is -2.25. The average molecular weight is 512 g/mol. The van der Waals surface area contributed by atoms with Crippen LogP contribution in [0.2, 0.25) is 0 Å². The van der Waals surface area contributed by atoms with Gasteiger partial charge in [0.1, 0.15) is 24.0 Å². The van der Waals surface area contributed by atoms with Crippen molar-refractivity contribution in [1.82, 2.24) is 14.6 Å². The number of carbonyl (C=O) groups excluding carboxylic acids is 1. The summed E-state index contributed by atoms with van der Waals surface area (Å²) in [7, 11) is -4.20. The van der Waals surface area contributed by atoms with Gasteiger partial charge in [0.2, 0.25) is 0 Å². The molecule has 35 heavy (non-hydrogen) atoms. The van der Waals surface area contributed by atoms with Crippen molar-refractivity contribution >= 4 is 13.7 Å². The molecule has 2 heterocycles. The maximum absolute atomic E-state index is 13.5. The van der Waals surface area contributed by atoms with Crippen molar-refractivity contribution in [2.45, 2.75) is 57.4 Å². The van der Waals surface area contributed by atoms with Gasteiger partial charge in [-0.05, 0) is 32.9 Å². The van der Waals surface area contributed by atoms with E-state index in [-0.39, 0.29) is 11.9 Å². The first-order valence-electron chi connectivity index (χ1n) is 10.9. The average Bonchev–Trinajstić information content (AvgIpc) is 3.06. The topological polar surface area (TPSA) is 184 Å². The number of nitrogens with one attached hydrogen (secondary N) is 2. The van der Waals surface area contributed by atoms with E-state index in [2.05, 4.69) is 10.1 Å². The summed E-state index contributed by atoms with van der Waals surface area (Å²) in [6, 6.07) is 7.13. The van der Waals surface area contributed by atoms with Crippen LogP contribution in [0.4, 0.5) is 0 Å². The third-order valence-corrected chi connectivity index (χ3v) is 6.62. The quantitative estimate of drug-likeness (QED) is 0.253. The molecule has 14 heteroatoms. The Labute approximate surface area is 200 Å². The van der Waals surface area contributed by atoms with E-state index < -0.39 is 62.1 Å². The Balaban J connectivity index is 1.75. The molecule has 6 atom stereocenters. The zero-order chi connectivity index (χ0) is 25.8. The van der Waals surface area contributed by atoms with E-state index in [9.17, 15) is 24.1 Å². The molecular weight excluding hydrogens is 483 g/mol. The van der Waals surface area contributed by atoms with Gasteiger partial charge in [-0.15, -0.1) is 0 Å². The number of rotatable bonds is 10. The number of aromatic nitrogens is 2. The summed E-state index contributed by atoms with van der Waals surface area (Å²) in [6.45, 7) is 4.32. The van der Waals surface area contributed by atoms with E-state index in [0.29, 0.717) is 0 Å². The molecule has 5 N–H and O–H groups in total. The molecule has 3 rings (SSSR count). The van der Waals surface area contributed by atoms with Gasteiger partial charge in [-0.3, -0.25) is 23.7 Å². The minimum absolute atomic E-state index is 0.204. The first kappa shape index (κ1) is 26.8. The second-order valence-electron chi connectivity index (χ2n) is 8.18. The van der Waals surface area contributed by atoms with Crippen LogP contribution in [0.3, 0.4) is 0 Å². The van der Waals surface area contributed by atoms with Crippen LogP contribution in [0.25, 0.3) is 0 Å². The molecule has 0 aliphatic carbocycles. The maximum atomic E-state index is 13.5. The van der Waals surface area contributed by atoms with Crippen LogP contribution in [-0.2, 0) is 23.4 Å². The van der Waals surface area contributed by atoms with Crippen LogP contribution in [-0.4, -0.2) is 57.6 Å². The number of ether oxygens (including phenoxy) is 2. The van der Waals surface area contributed by atoms with Gasteiger partial charge in [-0.2, -0.15) is 5.09 Å². The summed E-state index contributed by atoms with van der Waals surface area (Å²) >= 11 is 0. The van der Waals surface area contributed by atoms with Crippen molar-refractivity contribution in [2.75, 3.05) is 6.61 Å². The molecule has 192 valence electrons. The maximum Gasteiger partial charge on any atom is 0.459 e. The summed E-state index contributed by atoms with van der Waals surface area (Å²) < 4.78 is 36.5. The number of nitrogens with zero attached hydrogens (tertiary/aromatic N) is 1. The highest BCUT2D eigenvalue weighted by atomic mass is 31.2. The standard InChI is InChI=1S/C21H29N4O9P/c1-12(2)32-20(28)13(3)24-35(30,34-14-7-5-4-6-8-14)31-11-15-18(27)17(22)19(33-15)25-10-9-16(26)23-21(25)29/h4-10,12-13,15,17-19,27H,11,22H2,1-3H3,(H,24,30)(H,23,26,29). The molecule has 1 aromatic heterocycles. The molecule has 13 nitrogen and oxygen atoms in total. The Morgan fingerprint density at radius 1 is 1.26 bits per heavy atom. The molecule has 0 radical (unpaired) electrons. The molecule has 6 unspecified atom stereocenters. The number of aliphatic hydroxyl groups excluding tert-OH is 1. The monoisotopic (exact) mass is 512 g/mol. The van der Waals surface area contributed by atoms with Crippen molar-refractivity contribution < 1.29 is 33.0 Å². The lowest BCUT2D eigenvalue weighted by molar-refractivity contribution is -0.149. The van der Waals surface area contributed by atoms with E-state index in [1.807, 2.05) is 0 Å². The normalized spacial score (nSPS) is 24.6. The van der Waals surface area contributed by atoms with E-state index in [0.717, 1.165) is 10.6 Å². The van der Waals surface area contributed by atoms with Crippen LogP contribution in [0.15, 0.2) is 52.2 Å². The molecule has 1 aliphatic rings. The van der Waals surface area contributed by atoms with Crippen molar-refractivity contribution in [3.8, 4) is 5.75 Å². The van der Waals surface area contributed by atoms with Crippen LogP contribution in [0.1, 0.15) is 27.0 Å². The molecule has 0 spiro atoms. The molecule has 2 aromatic rings. The van der Waals surface area contributed by atoms with Gasteiger partial charge in [0.25, 0.3) is 5.56 Å². The highest BCUT2D eigenvalue weighted by molar-refractivity contribution is 7.52. The lowest BCUT2D eigenvalue weighted by atomic mass is 10.1. The molecule has 0 amide bonds. The van der Waals surface area contributed by atoms with Crippen molar-refractivity contribution in [2.24, 2.45) is 5.73 Å². The fraction of sp³-hybridized carbons (Fsp3) is 0.476. The van der Waals surface area contributed by atoms with E-state index >= 15 is 0 Å². The van der Waals surface area contributed by atoms with Crippen LogP contribution >= 0.6 is 7.75 Å². The highest BCUT2D eigenvalue weighted by Gasteiger charge is 2.44. The number of nitrogens with two attached hydrogens (primary N) is 1. The Bertz CT molecular complexity index is 1170. The minimum atomic E-state index is -4.20. The van der Waals surface area contributed by atoms with Crippen LogP contribution in [0, 0.1) is 0 Å². The number of benzene rings is 1. The number of hydrogen-bond acceptors (Lipinski definition) is 10. The van der Waals surface area contributed by atoms with Gasteiger partial charge in [0.15, 0.2) is 6.23 Å². The second-order valence-corrected chi connectivity index (χ2v) is 9.88. The Hall–Kier alpha value is -2.80. The van der Waals surface area contributed by atoms with E-state index in [1.165, 1.54) is 13.1 Å². The first-order valence-corrected chi connectivity index (χ1v) is 12.4. The number of esters is 1. The van der Waals surface area contributed by atoms with E-state index in [1.54, 1.807) is 44.2 Å². The third-order valence-electron chi connectivity index (χ3n) is 4.98. The third kappa shape index (κ3) is 6.88. The Morgan fingerprint density at radius 3 is 2.57 bits per heavy atom. The summed E-state index contributed by atoms with van der Waals surface area (Å²) in [5.74, 6) is -0.466. The second kappa shape index (κ2) is 11.3. The summed E-state index contributed by atoms with van der Waals surface area (Å²) in [5.41, 5.74) is 4.64. The summed E-state index contributed by atoms with van der Waals surface area (Å²) in [4.78, 5) is 37.8. The highest BCUT2D eigenvalue weighted by Crippen LogP contribution is 2.45. The summed E-state index contributed by atoms with van der Waals surface area (Å²) in [6.07, 6.45) is -2.74. The van der Waals surface area contributed by atoms with Crippen LogP contribution in [0.5, 0.6) is 5.75 Å². The van der Waals surface area contributed by atoms with Gasteiger partial charge in [0, 0.05) is 12.3 Å². The van der Waals surface area contributed by atoms with Crippen molar-refractivity contribution in [1.29, 1.82) is 0 Å². The molecule has 1 aliphatic heterocycles. The Kier molecular flexibility index (Phi) is 8.65. The largest absolute Gasteiger partial charge is 0.462 e. The van der Waals surface area contributed by atoms with Gasteiger partial charge >= 0.3 is 19.4 Å². The molecule has 1 aromatic carbocycles. The number of aromatic amines is 1. The van der Waals surface area contributed by atoms with Crippen molar-refractivity contribution in [3.05, 3.63) is 63.4 Å². The predicted molar refractivity (Wildman–Crippen MR) is 124 cm³/mol. The fourth-order valence-electron chi connectivity index (χ4n) is 3.29. The minimum Gasteiger partial charge on any atom is -0.462 e. The van der Waals surface area contributed by atoms with E-state index in [4.69, 9.17) is 24.3 Å². The number of aliphatic hydroxyl groups is 1. The molecule has 0 bridgehead atoms. The lowest BCUT2D eigenvalue weighted by Crippen LogP contribution is -2.43. The smallest absolute Gasteiger partial charge is 0.459 e. The van der Waals surface area contributed by atoms with Gasteiger partial charge < -0.3 is 24.8 Å². The number of hydrogen-bond donors (Lipinski definition) is 4.